The first-order valence-corrected chi connectivity index (χ1v) is 9.32. The molecule has 0 radical (unpaired) electrons. The van der Waals surface area contributed by atoms with Crippen molar-refractivity contribution in [1.29, 1.82) is 0 Å². The minimum absolute atomic E-state index is 0.806. The van der Waals surface area contributed by atoms with Crippen LogP contribution >= 0.6 is 11.3 Å². The Labute approximate surface area is 148 Å². The number of hydrogen-bond donors (Lipinski definition) is 2. The summed E-state index contributed by atoms with van der Waals surface area (Å²) in [5.41, 5.74) is 6.72. The van der Waals surface area contributed by atoms with E-state index in [0.717, 1.165) is 45.3 Å². The van der Waals surface area contributed by atoms with Gasteiger partial charge in [-0.3, -0.25) is 5.43 Å². The number of fused-ring (bicyclic) bond motifs is 4. The van der Waals surface area contributed by atoms with Crippen LogP contribution in [0.3, 0.4) is 0 Å². The average molecular weight is 347 g/mol. The van der Waals surface area contributed by atoms with Crippen LogP contribution in [0.15, 0.2) is 41.9 Å². The lowest BCUT2D eigenvalue weighted by Gasteiger charge is -2.11. The van der Waals surface area contributed by atoms with Crippen molar-refractivity contribution in [1.82, 2.24) is 15.0 Å². The van der Waals surface area contributed by atoms with Gasteiger partial charge in [0, 0.05) is 27.5 Å². The molecule has 3 heterocycles. The van der Waals surface area contributed by atoms with Crippen molar-refractivity contribution in [2.24, 2.45) is 5.10 Å². The van der Waals surface area contributed by atoms with E-state index in [9.17, 15) is 0 Å². The summed E-state index contributed by atoms with van der Waals surface area (Å²) in [6, 6.07) is 8.21. The average Bonchev–Trinajstić information content (AvgIpc) is 3.23. The predicted molar refractivity (Wildman–Crippen MR) is 104 cm³/mol. The number of anilines is 1. The molecule has 0 bridgehead atoms. The summed E-state index contributed by atoms with van der Waals surface area (Å²) in [5, 5.41) is 6.74. The van der Waals surface area contributed by atoms with Crippen LogP contribution in [0.1, 0.15) is 28.8 Å². The largest absolute Gasteiger partial charge is 0.361 e. The summed E-state index contributed by atoms with van der Waals surface area (Å²) >= 11 is 1.80. The third-order valence-electron chi connectivity index (χ3n) is 4.75. The minimum Gasteiger partial charge on any atom is -0.361 e. The number of hydrogen-bond acceptors (Lipinski definition) is 5. The smallest absolute Gasteiger partial charge is 0.158 e. The first kappa shape index (κ1) is 14.6. The van der Waals surface area contributed by atoms with Crippen molar-refractivity contribution in [2.75, 3.05) is 5.43 Å². The molecular weight excluding hydrogens is 330 g/mol. The minimum atomic E-state index is 0.806. The summed E-state index contributed by atoms with van der Waals surface area (Å²) in [7, 11) is 0. The van der Waals surface area contributed by atoms with Crippen molar-refractivity contribution in [3.8, 4) is 0 Å². The van der Waals surface area contributed by atoms with Gasteiger partial charge in [0.1, 0.15) is 11.2 Å². The van der Waals surface area contributed by atoms with Crippen molar-refractivity contribution >= 4 is 44.5 Å². The zero-order valence-electron chi connectivity index (χ0n) is 13.6. The monoisotopic (exact) mass is 347 g/mol. The van der Waals surface area contributed by atoms with Gasteiger partial charge >= 0.3 is 0 Å². The molecule has 0 atom stereocenters. The maximum absolute atomic E-state index is 4.46. The number of nitrogens with zero attached hydrogens (tertiary/aromatic N) is 3. The third-order valence-corrected chi connectivity index (χ3v) is 5.95. The van der Waals surface area contributed by atoms with Gasteiger partial charge < -0.3 is 4.98 Å². The highest BCUT2D eigenvalue weighted by Crippen LogP contribution is 2.38. The second-order valence-corrected chi connectivity index (χ2v) is 7.36. The zero-order valence-corrected chi connectivity index (χ0v) is 14.4. The molecule has 4 aromatic rings. The van der Waals surface area contributed by atoms with Crippen molar-refractivity contribution in [3.05, 3.63) is 52.8 Å². The number of H-pyrrole nitrogens is 1. The number of aromatic amines is 1. The number of aromatic nitrogens is 3. The van der Waals surface area contributed by atoms with E-state index in [-0.39, 0.29) is 0 Å². The van der Waals surface area contributed by atoms with E-state index >= 15 is 0 Å². The topological polar surface area (TPSA) is 66.0 Å². The lowest BCUT2D eigenvalue weighted by Crippen LogP contribution is -2.00. The summed E-state index contributed by atoms with van der Waals surface area (Å²) in [5.74, 6) is 0.806. The molecule has 0 fully saturated rings. The Balaban J connectivity index is 1.49. The third kappa shape index (κ3) is 2.49. The number of benzene rings is 1. The molecule has 0 saturated heterocycles. The van der Waals surface area contributed by atoms with E-state index in [1.54, 1.807) is 17.7 Å². The second-order valence-electron chi connectivity index (χ2n) is 6.27. The Bertz CT molecular complexity index is 1090. The number of rotatable bonds is 3. The SMILES string of the molecule is C(=N/Nc1ncnc2sc3c(c12)CCCC3)/c1c[nH]c2ccccc12. The normalized spacial score (nSPS) is 14.4. The molecule has 0 unspecified atom stereocenters. The van der Waals surface area contributed by atoms with Crippen LogP contribution in [-0.2, 0) is 12.8 Å². The molecule has 2 N–H and O–H groups in total. The van der Waals surface area contributed by atoms with Gasteiger partial charge in [-0.25, -0.2) is 9.97 Å². The number of nitrogens with one attached hydrogen (secondary N) is 2. The number of hydrazone groups is 1. The van der Waals surface area contributed by atoms with Crippen LogP contribution in [0.4, 0.5) is 5.82 Å². The van der Waals surface area contributed by atoms with Crippen LogP contribution in [0, 0.1) is 0 Å². The van der Waals surface area contributed by atoms with E-state index in [4.69, 9.17) is 0 Å². The Morgan fingerprint density at radius 2 is 2.08 bits per heavy atom. The molecule has 6 heteroatoms. The lowest BCUT2D eigenvalue weighted by molar-refractivity contribution is 0.700. The van der Waals surface area contributed by atoms with E-state index in [0.29, 0.717) is 0 Å². The van der Waals surface area contributed by atoms with Crippen LogP contribution in [0.2, 0.25) is 0 Å². The maximum Gasteiger partial charge on any atom is 0.158 e. The Kier molecular flexibility index (Phi) is 3.48. The van der Waals surface area contributed by atoms with Crippen LogP contribution < -0.4 is 5.43 Å². The molecule has 5 nitrogen and oxygen atoms in total. The highest BCUT2D eigenvalue weighted by molar-refractivity contribution is 7.19. The van der Waals surface area contributed by atoms with Crippen molar-refractivity contribution in [3.63, 3.8) is 0 Å². The van der Waals surface area contributed by atoms with Crippen LogP contribution in [-0.4, -0.2) is 21.2 Å². The van der Waals surface area contributed by atoms with Gasteiger partial charge in [-0.05, 0) is 37.3 Å². The first-order valence-electron chi connectivity index (χ1n) is 8.50. The molecule has 0 aliphatic heterocycles. The van der Waals surface area contributed by atoms with Gasteiger partial charge in [-0.2, -0.15) is 5.10 Å². The summed E-state index contributed by atoms with van der Waals surface area (Å²) in [4.78, 5) is 14.7. The van der Waals surface area contributed by atoms with E-state index < -0.39 is 0 Å². The standard InChI is InChI=1S/C19H17N5S/c1-3-7-15-13(5-1)12(9-20-15)10-23-24-18-17-14-6-2-4-8-16(14)25-19(17)22-11-21-18/h1,3,5,7,9-11,20H,2,4,6,8H2,(H,21,22,24)/b23-10-. The zero-order chi connectivity index (χ0) is 16.6. The van der Waals surface area contributed by atoms with Gasteiger partial charge in [0.15, 0.2) is 5.82 Å². The lowest BCUT2D eigenvalue weighted by atomic mass is 9.97. The summed E-state index contributed by atoms with van der Waals surface area (Å²) in [6.45, 7) is 0. The fourth-order valence-electron chi connectivity index (χ4n) is 3.54. The molecule has 0 spiro atoms. The molecule has 3 aromatic heterocycles. The van der Waals surface area contributed by atoms with Gasteiger partial charge in [-0.15, -0.1) is 11.3 Å². The van der Waals surface area contributed by atoms with Gasteiger partial charge in [0.2, 0.25) is 0 Å². The quantitative estimate of drug-likeness (QED) is 0.424. The van der Waals surface area contributed by atoms with Crippen LogP contribution in [0.25, 0.3) is 21.1 Å². The van der Waals surface area contributed by atoms with E-state index in [1.807, 2.05) is 24.5 Å². The first-order chi connectivity index (χ1) is 12.4. The molecular formula is C19H17N5S. The number of aryl methyl sites for hydroxylation is 2. The fourth-order valence-corrected chi connectivity index (χ4v) is 4.77. The molecule has 0 saturated carbocycles. The molecule has 124 valence electrons. The van der Waals surface area contributed by atoms with Gasteiger partial charge in [-0.1, -0.05) is 18.2 Å². The van der Waals surface area contributed by atoms with Crippen molar-refractivity contribution < 1.29 is 0 Å². The number of para-hydroxylation sites is 1. The highest BCUT2D eigenvalue weighted by Gasteiger charge is 2.19. The van der Waals surface area contributed by atoms with Crippen LogP contribution in [0.5, 0.6) is 0 Å². The Morgan fingerprint density at radius 1 is 1.16 bits per heavy atom. The predicted octanol–water partition coefficient (Wildman–Crippen LogP) is 4.50. The molecule has 0 amide bonds. The Hall–Kier alpha value is -2.73. The van der Waals surface area contributed by atoms with Crippen molar-refractivity contribution in [2.45, 2.75) is 25.7 Å². The molecule has 1 aromatic carbocycles. The molecule has 1 aliphatic carbocycles. The molecule has 5 rings (SSSR count). The molecule has 25 heavy (non-hydrogen) atoms. The van der Waals surface area contributed by atoms with E-state index in [2.05, 4.69) is 37.6 Å². The number of thiophene rings is 1. The highest BCUT2D eigenvalue weighted by atomic mass is 32.1. The fraction of sp³-hybridized carbons (Fsp3) is 0.211. The second kappa shape index (κ2) is 5.97. The maximum atomic E-state index is 4.46. The summed E-state index contributed by atoms with van der Waals surface area (Å²) < 4.78 is 0. The van der Waals surface area contributed by atoms with E-state index in [1.165, 1.54) is 23.3 Å². The summed E-state index contributed by atoms with van der Waals surface area (Å²) in [6.07, 6.45) is 10.2. The Morgan fingerprint density at radius 3 is 3.08 bits per heavy atom. The molecule has 1 aliphatic rings. The van der Waals surface area contributed by atoms with Gasteiger partial charge in [0.05, 0.1) is 11.6 Å². The van der Waals surface area contributed by atoms with Gasteiger partial charge in [0.25, 0.3) is 0 Å².